The van der Waals surface area contributed by atoms with Crippen LogP contribution in [0.15, 0.2) is 91.0 Å². The summed E-state index contributed by atoms with van der Waals surface area (Å²) in [4.78, 5) is 0. The Hall–Kier alpha value is -2.38. The third-order valence-electron chi connectivity index (χ3n) is 6.60. The van der Waals surface area contributed by atoms with Gasteiger partial charge in [0.25, 0.3) is 0 Å². The van der Waals surface area contributed by atoms with Gasteiger partial charge in [0.2, 0.25) is 0 Å². The molecule has 0 saturated carbocycles. The van der Waals surface area contributed by atoms with Crippen LogP contribution in [0.4, 0.5) is 0 Å². The normalized spacial score (nSPS) is 12.6. The molecule has 0 heterocycles. The van der Waals surface area contributed by atoms with Crippen molar-refractivity contribution in [1.82, 2.24) is 0 Å². The van der Waals surface area contributed by atoms with Crippen LogP contribution < -0.4 is 0 Å². The minimum absolute atomic E-state index is 0.251. The molecule has 170 valence electrons. The second kappa shape index (κ2) is 13.2. The summed E-state index contributed by atoms with van der Waals surface area (Å²) in [5.41, 5.74) is 3.51. The molecule has 0 amide bonds. The standard InChI is InChI=1S/C31H40O/c1-3-4-5-6-7-8-12-19-27(2)32-26-31(28-20-13-9-14-21-28,29-22-15-10-16-23-29)30-24-17-11-18-25-30/h9-11,13-18,20-25,27H,3-8,12,19,26H2,1-2H3. The van der Waals surface area contributed by atoms with Crippen LogP contribution in [0.25, 0.3) is 0 Å². The third kappa shape index (κ3) is 6.56. The van der Waals surface area contributed by atoms with Crippen molar-refractivity contribution in [3.63, 3.8) is 0 Å². The molecule has 0 radical (unpaired) electrons. The van der Waals surface area contributed by atoms with Gasteiger partial charge in [0.1, 0.15) is 0 Å². The Morgan fingerprint density at radius 3 is 1.44 bits per heavy atom. The predicted octanol–water partition coefficient (Wildman–Crippen LogP) is 8.57. The minimum Gasteiger partial charge on any atom is -0.377 e. The summed E-state index contributed by atoms with van der Waals surface area (Å²) < 4.78 is 6.62. The first-order chi connectivity index (χ1) is 15.8. The minimum atomic E-state index is -0.321. The topological polar surface area (TPSA) is 9.23 Å². The molecule has 0 saturated heterocycles. The molecule has 0 fully saturated rings. The molecule has 0 aromatic heterocycles. The SMILES string of the molecule is CCCCCCCCCC(C)OCC(c1ccccc1)(c1ccccc1)c1ccccc1. The molecule has 3 aromatic carbocycles. The zero-order valence-corrected chi connectivity index (χ0v) is 20.0. The van der Waals surface area contributed by atoms with E-state index in [1.807, 2.05) is 0 Å². The first-order valence-corrected chi connectivity index (χ1v) is 12.6. The summed E-state index contributed by atoms with van der Waals surface area (Å²) in [7, 11) is 0. The van der Waals surface area contributed by atoms with Crippen molar-refractivity contribution in [3.8, 4) is 0 Å². The molecule has 3 rings (SSSR count). The maximum atomic E-state index is 6.62. The van der Waals surface area contributed by atoms with E-state index >= 15 is 0 Å². The molecule has 1 nitrogen and oxygen atoms in total. The van der Waals surface area contributed by atoms with E-state index in [1.54, 1.807) is 0 Å². The van der Waals surface area contributed by atoms with E-state index in [2.05, 4.69) is 105 Å². The van der Waals surface area contributed by atoms with E-state index in [1.165, 1.54) is 61.6 Å². The van der Waals surface area contributed by atoms with Gasteiger partial charge in [-0.3, -0.25) is 0 Å². The number of rotatable bonds is 14. The lowest BCUT2D eigenvalue weighted by Crippen LogP contribution is -2.36. The van der Waals surface area contributed by atoms with Gasteiger partial charge in [-0.1, -0.05) is 143 Å². The van der Waals surface area contributed by atoms with Gasteiger partial charge in [-0.2, -0.15) is 0 Å². The second-order valence-electron chi connectivity index (χ2n) is 9.04. The van der Waals surface area contributed by atoms with Crippen molar-refractivity contribution in [2.45, 2.75) is 76.7 Å². The molecule has 0 aliphatic carbocycles. The number of unbranched alkanes of at least 4 members (excludes halogenated alkanes) is 6. The van der Waals surface area contributed by atoms with E-state index in [9.17, 15) is 0 Å². The van der Waals surface area contributed by atoms with Gasteiger partial charge < -0.3 is 4.74 Å². The molecule has 1 heteroatoms. The van der Waals surface area contributed by atoms with Gasteiger partial charge >= 0.3 is 0 Å². The Bertz CT molecular complexity index is 760. The van der Waals surface area contributed by atoms with E-state index in [0.29, 0.717) is 6.61 Å². The quantitative estimate of drug-likeness (QED) is 0.184. The predicted molar refractivity (Wildman–Crippen MR) is 137 cm³/mol. The van der Waals surface area contributed by atoms with Gasteiger partial charge in [-0.05, 0) is 30.0 Å². The molecule has 0 spiro atoms. The molecule has 0 bridgehead atoms. The number of hydrogen-bond acceptors (Lipinski definition) is 1. The lowest BCUT2D eigenvalue weighted by molar-refractivity contribution is 0.0393. The largest absolute Gasteiger partial charge is 0.377 e. The third-order valence-corrected chi connectivity index (χ3v) is 6.60. The van der Waals surface area contributed by atoms with Gasteiger partial charge in [-0.25, -0.2) is 0 Å². The fraction of sp³-hybridized carbons (Fsp3) is 0.419. The zero-order valence-electron chi connectivity index (χ0n) is 20.0. The average Bonchev–Trinajstić information content (AvgIpc) is 2.86. The van der Waals surface area contributed by atoms with Crippen molar-refractivity contribution in [1.29, 1.82) is 0 Å². The van der Waals surface area contributed by atoms with Crippen LogP contribution in [-0.2, 0) is 10.2 Å². The Labute approximate surface area is 195 Å². The Morgan fingerprint density at radius 1 is 0.594 bits per heavy atom. The zero-order chi connectivity index (χ0) is 22.5. The van der Waals surface area contributed by atoms with Gasteiger partial charge in [0.05, 0.1) is 18.1 Å². The molecule has 32 heavy (non-hydrogen) atoms. The lowest BCUT2D eigenvalue weighted by Gasteiger charge is -2.36. The van der Waals surface area contributed by atoms with Crippen molar-refractivity contribution < 1.29 is 4.74 Å². The van der Waals surface area contributed by atoms with Crippen LogP contribution in [0.5, 0.6) is 0 Å². The highest BCUT2D eigenvalue weighted by atomic mass is 16.5. The molecule has 3 aromatic rings. The monoisotopic (exact) mass is 428 g/mol. The van der Waals surface area contributed by atoms with Crippen molar-refractivity contribution in [2.75, 3.05) is 6.61 Å². The summed E-state index contributed by atoms with van der Waals surface area (Å²) in [5.74, 6) is 0. The molecule has 0 aliphatic rings. The van der Waals surface area contributed by atoms with Crippen LogP contribution in [-0.4, -0.2) is 12.7 Å². The first kappa shape index (κ1) is 24.3. The van der Waals surface area contributed by atoms with Crippen molar-refractivity contribution >= 4 is 0 Å². The first-order valence-electron chi connectivity index (χ1n) is 12.6. The second-order valence-corrected chi connectivity index (χ2v) is 9.04. The maximum Gasteiger partial charge on any atom is 0.0685 e. The smallest absolute Gasteiger partial charge is 0.0685 e. The van der Waals surface area contributed by atoms with E-state index in [4.69, 9.17) is 4.74 Å². The van der Waals surface area contributed by atoms with E-state index < -0.39 is 0 Å². The molecule has 1 atom stereocenters. The lowest BCUT2D eigenvalue weighted by atomic mass is 9.70. The van der Waals surface area contributed by atoms with Gasteiger partial charge in [-0.15, -0.1) is 0 Å². The number of benzene rings is 3. The van der Waals surface area contributed by atoms with Crippen LogP contribution in [0, 0.1) is 0 Å². The number of hydrogen-bond donors (Lipinski definition) is 0. The fourth-order valence-electron chi connectivity index (χ4n) is 4.66. The van der Waals surface area contributed by atoms with Gasteiger partial charge in [0.15, 0.2) is 0 Å². The molecular weight excluding hydrogens is 388 g/mol. The number of ether oxygens (including phenoxy) is 1. The highest BCUT2D eigenvalue weighted by Gasteiger charge is 2.37. The van der Waals surface area contributed by atoms with Crippen LogP contribution in [0.3, 0.4) is 0 Å². The summed E-state index contributed by atoms with van der Waals surface area (Å²) in [6.45, 7) is 5.16. The Balaban J connectivity index is 1.75. The summed E-state index contributed by atoms with van der Waals surface area (Å²) in [6.07, 6.45) is 10.8. The Morgan fingerprint density at radius 2 is 1.00 bits per heavy atom. The summed E-state index contributed by atoms with van der Waals surface area (Å²) in [5, 5.41) is 0. The Kier molecular flexibility index (Phi) is 10.0. The fourth-order valence-corrected chi connectivity index (χ4v) is 4.66. The summed E-state index contributed by atoms with van der Waals surface area (Å²) >= 11 is 0. The molecule has 0 N–H and O–H groups in total. The van der Waals surface area contributed by atoms with Crippen LogP contribution >= 0.6 is 0 Å². The van der Waals surface area contributed by atoms with Crippen LogP contribution in [0.1, 0.15) is 81.9 Å². The van der Waals surface area contributed by atoms with Crippen molar-refractivity contribution in [2.24, 2.45) is 0 Å². The van der Waals surface area contributed by atoms with E-state index in [-0.39, 0.29) is 11.5 Å². The van der Waals surface area contributed by atoms with Gasteiger partial charge in [0, 0.05) is 0 Å². The molecule has 1 unspecified atom stereocenters. The molecular formula is C31H40O. The molecule has 0 aliphatic heterocycles. The van der Waals surface area contributed by atoms with E-state index in [0.717, 1.165) is 6.42 Å². The average molecular weight is 429 g/mol. The maximum absolute atomic E-state index is 6.62. The highest BCUT2D eigenvalue weighted by molar-refractivity contribution is 5.50. The summed E-state index contributed by atoms with van der Waals surface area (Å²) in [6, 6.07) is 32.5. The van der Waals surface area contributed by atoms with Crippen LogP contribution in [0.2, 0.25) is 0 Å². The highest BCUT2D eigenvalue weighted by Crippen LogP contribution is 2.39. The van der Waals surface area contributed by atoms with Crippen molar-refractivity contribution in [3.05, 3.63) is 108 Å².